The Morgan fingerprint density at radius 1 is 1.33 bits per heavy atom. The van der Waals surface area contributed by atoms with Crippen LogP contribution in [0.5, 0.6) is 0 Å². The van der Waals surface area contributed by atoms with E-state index in [4.69, 9.17) is 4.42 Å². The van der Waals surface area contributed by atoms with E-state index in [-0.39, 0.29) is 42.2 Å². The van der Waals surface area contributed by atoms with Gasteiger partial charge >= 0.3 is 0 Å². The Balaban J connectivity index is 1.74. The fraction of sp³-hybridized carbons (Fsp3) is 0.450. The summed E-state index contributed by atoms with van der Waals surface area (Å²) in [4.78, 5) is 27.1. The van der Waals surface area contributed by atoms with Crippen molar-refractivity contribution in [1.29, 1.82) is 0 Å². The molecule has 1 aromatic carbocycles. The summed E-state index contributed by atoms with van der Waals surface area (Å²) in [6.07, 6.45) is 1.92. The highest BCUT2D eigenvalue weighted by Crippen LogP contribution is 2.25. The number of non-ortho nitro benzene ring substituents is 1. The second-order valence-corrected chi connectivity index (χ2v) is 9.83. The molecule has 0 unspecified atom stereocenters. The predicted octanol–water partition coefficient (Wildman–Crippen LogP) is 2.40. The number of furan rings is 1. The first-order valence-electron chi connectivity index (χ1n) is 9.63. The van der Waals surface area contributed by atoms with Crippen LogP contribution in [-0.4, -0.2) is 60.2 Å². The third-order valence-electron chi connectivity index (χ3n) is 5.49. The van der Waals surface area contributed by atoms with Crippen LogP contribution in [0.3, 0.4) is 0 Å². The van der Waals surface area contributed by atoms with Crippen LogP contribution in [0.1, 0.15) is 30.7 Å². The Bertz CT molecular complexity index is 1010. The van der Waals surface area contributed by atoms with Crippen molar-refractivity contribution in [1.82, 2.24) is 9.80 Å². The van der Waals surface area contributed by atoms with Gasteiger partial charge in [-0.2, -0.15) is 0 Å². The monoisotopic (exact) mass is 435 g/mol. The van der Waals surface area contributed by atoms with Crippen molar-refractivity contribution in [3.05, 3.63) is 64.1 Å². The Labute approximate surface area is 175 Å². The number of nitro benzene ring substituents is 1. The molecule has 0 spiro atoms. The highest BCUT2D eigenvalue weighted by molar-refractivity contribution is 7.91. The summed E-state index contributed by atoms with van der Waals surface area (Å²) in [7, 11) is -1.39. The van der Waals surface area contributed by atoms with Crippen LogP contribution in [0.15, 0.2) is 47.1 Å². The van der Waals surface area contributed by atoms with Gasteiger partial charge in [0, 0.05) is 24.2 Å². The molecule has 3 rings (SSSR count). The molecule has 1 fully saturated rings. The second kappa shape index (κ2) is 8.97. The molecule has 162 valence electrons. The number of carbonyl (C=O) groups is 1. The standard InChI is InChI=1S/C20H25N3O6S/c1-15(16-5-3-6-17(11-16)23(25)26)21(2)13-20(24)22(12-19-7-4-9-29-19)18-8-10-30(27,28)14-18/h3-7,9,11,15,18H,8,10,12-14H2,1-2H3/t15-,18+/m1/s1. The van der Waals surface area contributed by atoms with Crippen LogP contribution in [0.2, 0.25) is 0 Å². The molecule has 2 aromatic rings. The predicted molar refractivity (Wildman–Crippen MR) is 110 cm³/mol. The van der Waals surface area contributed by atoms with E-state index in [1.54, 1.807) is 41.1 Å². The average Bonchev–Trinajstić information content (AvgIpc) is 3.34. The van der Waals surface area contributed by atoms with Crippen molar-refractivity contribution < 1.29 is 22.6 Å². The molecule has 0 N–H and O–H groups in total. The average molecular weight is 436 g/mol. The molecule has 1 aromatic heterocycles. The largest absolute Gasteiger partial charge is 0.467 e. The third kappa shape index (κ3) is 5.25. The first-order chi connectivity index (χ1) is 14.2. The minimum absolute atomic E-state index is 0.00492. The Hall–Kier alpha value is -2.72. The number of amides is 1. The molecule has 10 heteroatoms. The van der Waals surface area contributed by atoms with Gasteiger partial charge in [0.2, 0.25) is 5.91 Å². The maximum atomic E-state index is 13.1. The van der Waals surface area contributed by atoms with E-state index in [2.05, 4.69) is 0 Å². The molecule has 0 bridgehead atoms. The van der Waals surface area contributed by atoms with Crippen molar-refractivity contribution in [2.45, 2.75) is 32.0 Å². The Kier molecular flexibility index (Phi) is 6.57. The number of hydrogen-bond acceptors (Lipinski definition) is 7. The molecule has 30 heavy (non-hydrogen) atoms. The van der Waals surface area contributed by atoms with Gasteiger partial charge in [-0.1, -0.05) is 12.1 Å². The zero-order valence-electron chi connectivity index (χ0n) is 16.9. The van der Waals surface area contributed by atoms with Gasteiger partial charge in [-0.05, 0) is 38.1 Å². The number of nitrogens with zero attached hydrogens (tertiary/aromatic N) is 3. The van der Waals surface area contributed by atoms with Crippen LogP contribution < -0.4 is 0 Å². The molecular formula is C20H25N3O6S. The van der Waals surface area contributed by atoms with Gasteiger partial charge in [0.1, 0.15) is 5.76 Å². The summed E-state index contributed by atoms with van der Waals surface area (Å²) in [5.74, 6) is 0.388. The van der Waals surface area contributed by atoms with Crippen molar-refractivity contribution in [3.63, 3.8) is 0 Å². The number of rotatable bonds is 8. The summed E-state index contributed by atoms with van der Waals surface area (Å²) < 4.78 is 29.3. The summed E-state index contributed by atoms with van der Waals surface area (Å²) in [5, 5.41) is 11.0. The number of sulfone groups is 1. The minimum atomic E-state index is -3.16. The van der Waals surface area contributed by atoms with Crippen LogP contribution >= 0.6 is 0 Å². The van der Waals surface area contributed by atoms with Gasteiger partial charge in [0.15, 0.2) is 9.84 Å². The number of likely N-dealkylation sites (N-methyl/N-ethyl adjacent to an activating group) is 1. The first kappa shape index (κ1) is 22.0. The van der Waals surface area contributed by atoms with Gasteiger partial charge in [0.05, 0.1) is 35.8 Å². The molecule has 2 atom stereocenters. The van der Waals surface area contributed by atoms with E-state index in [0.29, 0.717) is 12.2 Å². The minimum Gasteiger partial charge on any atom is -0.467 e. The highest BCUT2D eigenvalue weighted by Gasteiger charge is 2.35. The van der Waals surface area contributed by atoms with Crippen molar-refractivity contribution in [2.24, 2.45) is 0 Å². The Morgan fingerprint density at radius 2 is 2.10 bits per heavy atom. The number of carbonyl (C=O) groups excluding carboxylic acids is 1. The lowest BCUT2D eigenvalue weighted by Gasteiger charge is -2.31. The second-order valence-electron chi connectivity index (χ2n) is 7.60. The highest BCUT2D eigenvalue weighted by atomic mass is 32.2. The van der Waals surface area contributed by atoms with E-state index in [0.717, 1.165) is 5.56 Å². The van der Waals surface area contributed by atoms with E-state index in [1.165, 1.54) is 18.4 Å². The van der Waals surface area contributed by atoms with Crippen LogP contribution in [0, 0.1) is 10.1 Å². The molecule has 0 aliphatic carbocycles. The van der Waals surface area contributed by atoms with Gasteiger partial charge < -0.3 is 9.32 Å². The molecular weight excluding hydrogens is 410 g/mol. The molecule has 1 saturated heterocycles. The third-order valence-corrected chi connectivity index (χ3v) is 7.24. The lowest BCUT2D eigenvalue weighted by molar-refractivity contribution is -0.384. The fourth-order valence-electron chi connectivity index (χ4n) is 3.61. The zero-order chi connectivity index (χ0) is 21.9. The molecule has 1 aliphatic heterocycles. The summed E-state index contributed by atoms with van der Waals surface area (Å²) in [6.45, 7) is 2.11. The molecule has 1 aliphatic rings. The first-order valence-corrected chi connectivity index (χ1v) is 11.5. The molecule has 1 amide bonds. The SMILES string of the molecule is C[C@H](c1cccc([N+](=O)[O-])c1)N(C)CC(=O)N(Cc1ccco1)[C@H]1CCS(=O)(=O)C1. The van der Waals surface area contributed by atoms with Gasteiger partial charge in [-0.25, -0.2) is 8.42 Å². The van der Waals surface area contributed by atoms with Crippen LogP contribution in [-0.2, 0) is 21.2 Å². The van der Waals surface area contributed by atoms with Crippen LogP contribution in [0.25, 0.3) is 0 Å². The van der Waals surface area contributed by atoms with Gasteiger partial charge in [0.25, 0.3) is 5.69 Å². The van der Waals surface area contributed by atoms with Crippen molar-refractivity contribution in [2.75, 3.05) is 25.1 Å². The maximum absolute atomic E-state index is 13.1. The number of hydrogen-bond donors (Lipinski definition) is 0. The quantitative estimate of drug-likeness (QED) is 0.462. The smallest absolute Gasteiger partial charge is 0.269 e. The topological polar surface area (TPSA) is 114 Å². The number of benzene rings is 1. The zero-order valence-corrected chi connectivity index (χ0v) is 17.7. The number of nitro groups is 1. The van der Waals surface area contributed by atoms with Crippen LogP contribution in [0.4, 0.5) is 5.69 Å². The molecule has 9 nitrogen and oxygen atoms in total. The molecule has 0 radical (unpaired) electrons. The maximum Gasteiger partial charge on any atom is 0.269 e. The van der Waals surface area contributed by atoms with E-state index < -0.39 is 20.8 Å². The lowest BCUT2D eigenvalue weighted by Crippen LogP contribution is -2.45. The van der Waals surface area contributed by atoms with E-state index in [9.17, 15) is 23.3 Å². The van der Waals surface area contributed by atoms with Gasteiger partial charge in [-0.15, -0.1) is 0 Å². The Morgan fingerprint density at radius 3 is 2.70 bits per heavy atom. The normalized spacial score (nSPS) is 19.0. The van der Waals surface area contributed by atoms with E-state index in [1.807, 2.05) is 6.92 Å². The van der Waals surface area contributed by atoms with Crippen molar-refractivity contribution in [3.8, 4) is 0 Å². The summed E-state index contributed by atoms with van der Waals surface area (Å²) in [5.41, 5.74) is 0.718. The lowest BCUT2D eigenvalue weighted by atomic mass is 10.1. The van der Waals surface area contributed by atoms with Crippen molar-refractivity contribution >= 4 is 21.4 Å². The van der Waals surface area contributed by atoms with E-state index >= 15 is 0 Å². The molecule has 2 heterocycles. The van der Waals surface area contributed by atoms with Gasteiger partial charge in [-0.3, -0.25) is 19.8 Å². The fourth-order valence-corrected chi connectivity index (χ4v) is 5.34. The summed E-state index contributed by atoms with van der Waals surface area (Å²) in [6, 6.07) is 9.15. The summed E-state index contributed by atoms with van der Waals surface area (Å²) >= 11 is 0. The molecule has 0 saturated carbocycles.